The van der Waals surface area contributed by atoms with Gasteiger partial charge in [0.15, 0.2) is 5.82 Å². The summed E-state index contributed by atoms with van der Waals surface area (Å²) >= 11 is 5.67. The van der Waals surface area contributed by atoms with E-state index in [1.54, 1.807) is 18.5 Å². The Balaban J connectivity index is 2.89. The summed E-state index contributed by atoms with van der Waals surface area (Å²) in [5.41, 5.74) is 6.81. The van der Waals surface area contributed by atoms with E-state index in [2.05, 4.69) is 15.0 Å². The number of pyridine rings is 1. The minimum atomic E-state index is 0.311. The highest BCUT2D eigenvalue weighted by atomic mass is 35.5. The quantitative estimate of drug-likeness (QED) is 0.620. The van der Waals surface area contributed by atoms with Gasteiger partial charge in [0.25, 0.3) is 0 Å². The zero-order chi connectivity index (χ0) is 8.55. The number of anilines is 1. The molecule has 4 nitrogen and oxygen atoms in total. The fourth-order valence-corrected chi connectivity index (χ4v) is 1.16. The first-order chi connectivity index (χ1) is 5.77. The molecule has 2 aromatic heterocycles. The van der Waals surface area contributed by atoms with Gasteiger partial charge in [-0.2, -0.15) is 0 Å². The fourth-order valence-electron chi connectivity index (χ4n) is 0.965. The molecule has 0 aliphatic carbocycles. The fraction of sp³-hybridized carbons (Fsp3) is 0. The molecule has 2 N–H and O–H groups in total. The molecule has 2 heterocycles. The Bertz CT molecular complexity index is 429. The summed E-state index contributed by atoms with van der Waals surface area (Å²) in [6.07, 6.45) is 3.15. The minimum absolute atomic E-state index is 0.311. The molecular weight excluding hydrogens is 176 g/mol. The number of rotatable bonds is 0. The second-order valence-electron chi connectivity index (χ2n) is 2.25. The van der Waals surface area contributed by atoms with Crippen LogP contribution in [0.1, 0.15) is 0 Å². The van der Waals surface area contributed by atoms with Gasteiger partial charge in [0, 0.05) is 18.5 Å². The summed E-state index contributed by atoms with van der Waals surface area (Å²) in [5, 5.41) is 0.334. The zero-order valence-electron chi connectivity index (χ0n) is 6.03. The van der Waals surface area contributed by atoms with Gasteiger partial charge in [0.2, 0.25) is 0 Å². The topological polar surface area (TPSA) is 64.7 Å². The van der Waals surface area contributed by atoms with E-state index in [1.807, 2.05) is 0 Å². The summed E-state index contributed by atoms with van der Waals surface area (Å²) in [7, 11) is 0. The second kappa shape index (κ2) is 2.57. The lowest BCUT2D eigenvalue weighted by Gasteiger charge is -1.98. The summed E-state index contributed by atoms with van der Waals surface area (Å²) in [4.78, 5) is 11.9. The predicted molar refractivity (Wildman–Crippen MR) is 46.8 cm³/mol. The molecule has 60 valence electrons. The van der Waals surface area contributed by atoms with Gasteiger partial charge in [-0.05, 0) is 0 Å². The van der Waals surface area contributed by atoms with Gasteiger partial charge in [0.1, 0.15) is 10.7 Å². The number of nitrogen functional groups attached to an aromatic ring is 1. The maximum Gasteiger partial charge on any atom is 0.153 e. The van der Waals surface area contributed by atoms with E-state index in [0.29, 0.717) is 22.0 Å². The van der Waals surface area contributed by atoms with Gasteiger partial charge in [-0.3, -0.25) is 4.98 Å². The molecule has 5 heteroatoms. The molecule has 0 unspecified atom stereocenters. The average Bonchev–Trinajstić information content (AvgIpc) is 2.04. The van der Waals surface area contributed by atoms with Crippen LogP contribution in [0.2, 0.25) is 5.15 Å². The van der Waals surface area contributed by atoms with Crippen LogP contribution in [0.15, 0.2) is 18.5 Å². The maximum absolute atomic E-state index is 5.67. The maximum atomic E-state index is 5.67. The van der Waals surface area contributed by atoms with Crippen molar-refractivity contribution in [2.75, 3.05) is 5.73 Å². The van der Waals surface area contributed by atoms with E-state index >= 15 is 0 Å². The molecule has 0 spiro atoms. The number of aromatic nitrogens is 3. The van der Waals surface area contributed by atoms with Crippen LogP contribution in [0.3, 0.4) is 0 Å². The molecular formula is C7H5ClN4. The van der Waals surface area contributed by atoms with Crippen LogP contribution in [0.5, 0.6) is 0 Å². The smallest absolute Gasteiger partial charge is 0.153 e. The Hall–Kier alpha value is -1.42. The van der Waals surface area contributed by atoms with Crippen LogP contribution >= 0.6 is 11.6 Å². The van der Waals surface area contributed by atoms with Gasteiger partial charge in [-0.1, -0.05) is 11.6 Å². The summed E-state index contributed by atoms with van der Waals surface area (Å²) < 4.78 is 0. The normalized spacial score (nSPS) is 10.4. The Morgan fingerprint density at radius 1 is 1.25 bits per heavy atom. The van der Waals surface area contributed by atoms with Gasteiger partial charge >= 0.3 is 0 Å². The highest BCUT2D eigenvalue weighted by Crippen LogP contribution is 2.17. The molecule has 0 saturated carbocycles. The molecule has 0 aliphatic rings. The number of nitrogens with two attached hydrogens (primary N) is 1. The van der Waals surface area contributed by atoms with Crippen molar-refractivity contribution < 1.29 is 0 Å². The molecule has 0 aromatic carbocycles. The highest BCUT2D eigenvalue weighted by Gasteiger charge is 2.02. The first kappa shape index (κ1) is 7.24. The van der Waals surface area contributed by atoms with Crippen molar-refractivity contribution in [1.29, 1.82) is 0 Å². The number of fused-ring (bicyclic) bond motifs is 1. The third-order valence-corrected chi connectivity index (χ3v) is 1.65. The van der Waals surface area contributed by atoms with Crippen LogP contribution in [0, 0.1) is 0 Å². The summed E-state index contributed by atoms with van der Waals surface area (Å²) in [6.45, 7) is 0. The summed E-state index contributed by atoms with van der Waals surface area (Å²) in [6, 6.07) is 1.63. The molecule has 12 heavy (non-hydrogen) atoms. The van der Waals surface area contributed by atoms with Crippen molar-refractivity contribution in [1.82, 2.24) is 15.0 Å². The molecule has 0 atom stereocenters. The standard InChI is InChI=1S/C7H5ClN4/c8-5-3-4-6(7(9)12-5)11-2-1-10-4/h1-3H,(H2,9,12). The lowest BCUT2D eigenvalue weighted by molar-refractivity contribution is 1.25. The molecule has 0 radical (unpaired) electrons. The number of halogens is 1. The van der Waals surface area contributed by atoms with E-state index in [-0.39, 0.29) is 0 Å². The summed E-state index contributed by atoms with van der Waals surface area (Å²) in [5.74, 6) is 0.311. The third-order valence-electron chi connectivity index (χ3n) is 1.45. The molecule has 0 fully saturated rings. The Kier molecular flexibility index (Phi) is 1.55. The minimum Gasteiger partial charge on any atom is -0.382 e. The monoisotopic (exact) mass is 180 g/mol. The van der Waals surface area contributed by atoms with E-state index < -0.39 is 0 Å². The van der Waals surface area contributed by atoms with Crippen LogP contribution in [0.25, 0.3) is 11.0 Å². The first-order valence-electron chi connectivity index (χ1n) is 3.30. The molecule has 2 rings (SSSR count). The number of nitrogens with zero attached hydrogens (tertiary/aromatic N) is 3. The first-order valence-corrected chi connectivity index (χ1v) is 3.68. The van der Waals surface area contributed by atoms with Gasteiger partial charge < -0.3 is 5.73 Å². The lowest BCUT2D eigenvalue weighted by Crippen LogP contribution is -1.94. The third kappa shape index (κ3) is 1.06. The second-order valence-corrected chi connectivity index (χ2v) is 2.64. The van der Waals surface area contributed by atoms with Gasteiger partial charge in [0.05, 0.1) is 5.52 Å². The highest BCUT2D eigenvalue weighted by molar-refractivity contribution is 6.30. The Morgan fingerprint density at radius 3 is 2.83 bits per heavy atom. The van der Waals surface area contributed by atoms with E-state index in [0.717, 1.165) is 0 Å². The van der Waals surface area contributed by atoms with Crippen molar-refractivity contribution in [2.24, 2.45) is 0 Å². The van der Waals surface area contributed by atoms with E-state index in [1.165, 1.54) is 0 Å². The molecule has 2 aromatic rings. The van der Waals surface area contributed by atoms with Gasteiger partial charge in [-0.25, -0.2) is 9.97 Å². The zero-order valence-corrected chi connectivity index (χ0v) is 6.78. The van der Waals surface area contributed by atoms with Crippen molar-refractivity contribution in [3.63, 3.8) is 0 Å². The van der Waals surface area contributed by atoms with Crippen molar-refractivity contribution in [2.45, 2.75) is 0 Å². The Morgan fingerprint density at radius 2 is 2.00 bits per heavy atom. The lowest BCUT2D eigenvalue weighted by atomic mass is 10.4. The predicted octanol–water partition coefficient (Wildman–Crippen LogP) is 1.26. The van der Waals surface area contributed by atoms with Crippen LogP contribution in [-0.2, 0) is 0 Å². The Labute approximate surface area is 73.4 Å². The molecule has 0 bridgehead atoms. The van der Waals surface area contributed by atoms with E-state index in [9.17, 15) is 0 Å². The van der Waals surface area contributed by atoms with Crippen LogP contribution in [0.4, 0.5) is 5.82 Å². The number of hydrogen-bond acceptors (Lipinski definition) is 4. The van der Waals surface area contributed by atoms with Gasteiger partial charge in [-0.15, -0.1) is 0 Å². The van der Waals surface area contributed by atoms with Crippen molar-refractivity contribution >= 4 is 28.5 Å². The van der Waals surface area contributed by atoms with Crippen molar-refractivity contribution in [3.8, 4) is 0 Å². The average molecular weight is 181 g/mol. The molecule has 0 saturated heterocycles. The van der Waals surface area contributed by atoms with Crippen LogP contribution in [-0.4, -0.2) is 15.0 Å². The molecule has 0 amide bonds. The van der Waals surface area contributed by atoms with E-state index in [4.69, 9.17) is 17.3 Å². The largest absolute Gasteiger partial charge is 0.382 e. The molecule has 0 aliphatic heterocycles. The number of hydrogen-bond donors (Lipinski definition) is 1. The van der Waals surface area contributed by atoms with Crippen LogP contribution < -0.4 is 5.73 Å². The SMILES string of the molecule is Nc1nc(Cl)cc2nccnc12. The van der Waals surface area contributed by atoms with Crippen molar-refractivity contribution in [3.05, 3.63) is 23.6 Å².